The molecule has 0 aromatic heterocycles. The predicted molar refractivity (Wildman–Crippen MR) is 134 cm³/mol. The van der Waals surface area contributed by atoms with Crippen LogP contribution in [0.5, 0.6) is 0 Å². The molecule has 0 radical (unpaired) electrons. The lowest BCUT2D eigenvalue weighted by Crippen LogP contribution is -2.48. The topological polar surface area (TPSA) is 49.4 Å². The van der Waals surface area contributed by atoms with Crippen LogP contribution >= 0.6 is 11.6 Å². The summed E-state index contributed by atoms with van der Waals surface area (Å²) in [4.78, 5) is 28.1. The Balaban J connectivity index is 1.21. The predicted octanol–water partition coefficient (Wildman–Crippen LogP) is 5.49. The fraction of sp³-hybridized carbons (Fsp3) is 0.500. The molecule has 182 valence electrons. The van der Waals surface area contributed by atoms with Crippen LogP contribution < -0.4 is 5.32 Å². The number of carbonyl (C=O) groups excluding carboxylic acids is 2. The smallest absolute Gasteiger partial charge is 0.230 e. The van der Waals surface area contributed by atoms with Crippen LogP contribution in [0.3, 0.4) is 0 Å². The van der Waals surface area contributed by atoms with Gasteiger partial charge >= 0.3 is 0 Å². The van der Waals surface area contributed by atoms with Crippen molar-refractivity contribution in [3.05, 3.63) is 70.5 Å². The molecule has 1 saturated heterocycles. The summed E-state index contributed by atoms with van der Waals surface area (Å²) in [5.74, 6) is 0.971. The molecule has 2 aromatic carbocycles. The average Bonchev–Trinajstić information content (AvgIpc) is 2.82. The number of hydrogen-bond acceptors (Lipinski definition) is 3. The molecule has 6 heteroatoms. The van der Waals surface area contributed by atoms with Crippen molar-refractivity contribution in [3.8, 4) is 0 Å². The highest BCUT2D eigenvalue weighted by Crippen LogP contribution is 2.36. The van der Waals surface area contributed by atoms with Crippen molar-refractivity contribution in [1.29, 1.82) is 0 Å². The van der Waals surface area contributed by atoms with Crippen molar-refractivity contribution in [3.63, 3.8) is 0 Å². The Labute approximate surface area is 206 Å². The molecule has 4 nitrogen and oxygen atoms in total. The zero-order valence-electron chi connectivity index (χ0n) is 20.0. The van der Waals surface area contributed by atoms with Gasteiger partial charge in [0.1, 0.15) is 5.82 Å². The number of halogens is 2. The Morgan fingerprint density at radius 2 is 1.59 bits per heavy atom. The minimum absolute atomic E-state index is 0.0216. The molecule has 2 atom stereocenters. The molecule has 1 aliphatic heterocycles. The number of nitrogens with one attached hydrogen (secondary N) is 1. The lowest BCUT2D eigenvalue weighted by Gasteiger charge is -2.42. The minimum Gasteiger partial charge on any atom is -0.355 e. The van der Waals surface area contributed by atoms with Gasteiger partial charge in [-0.2, -0.15) is 0 Å². The maximum Gasteiger partial charge on any atom is 0.230 e. The molecule has 1 heterocycles. The third kappa shape index (κ3) is 5.69. The molecule has 1 amide bonds. The highest BCUT2D eigenvalue weighted by molar-refractivity contribution is 6.30. The summed E-state index contributed by atoms with van der Waals surface area (Å²) in [6.45, 7) is 7.45. The molecule has 1 saturated carbocycles. The van der Waals surface area contributed by atoms with Crippen LogP contribution in [0.4, 0.5) is 4.39 Å². The summed E-state index contributed by atoms with van der Waals surface area (Å²) in [7, 11) is 0. The van der Waals surface area contributed by atoms with Gasteiger partial charge in [0.15, 0.2) is 5.78 Å². The molecule has 0 bridgehead atoms. The van der Waals surface area contributed by atoms with E-state index in [0.717, 1.165) is 44.5 Å². The lowest BCUT2D eigenvalue weighted by molar-refractivity contribution is -0.126. The van der Waals surface area contributed by atoms with E-state index in [1.54, 1.807) is 12.1 Å². The van der Waals surface area contributed by atoms with Gasteiger partial charge in [-0.3, -0.25) is 9.59 Å². The van der Waals surface area contributed by atoms with E-state index in [1.165, 1.54) is 18.6 Å². The molecule has 4 rings (SSSR count). The van der Waals surface area contributed by atoms with E-state index in [2.05, 4.69) is 10.2 Å². The number of nitrogens with zero attached hydrogens (tertiary/aromatic N) is 1. The summed E-state index contributed by atoms with van der Waals surface area (Å²) in [6.07, 6.45) is 4.03. The first-order valence-corrected chi connectivity index (χ1v) is 12.7. The number of Topliss-reactive ketones (excluding diaryl/α,β-unsaturated/α-hetero) is 1. The minimum atomic E-state index is -0.608. The number of rotatable bonds is 8. The summed E-state index contributed by atoms with van der Waals surface area (Å²) in [5, 5.41) is 3.86. The van der Waals surface area contributed by atoms with Gasteiger partial charge in [-0.1, -0.05) is 23.7 Å². The number of ketones is 1. The van der Waals surface area contributed by atoms with E-state index in [9.17, 15) is 14.0 Å². The summed E-state index contributed by atoms with van der Waals surface area (Å²) < 4.78 is 13.1. The van der Waals surface area contributed by atoms with Gasteiger partial charge in [0.05, 0.1) is 5.41 Å². The molecule has 2 aliphatic rings. The van der Waals surface area contributed by atoms with Crippen LogP contribution in [0.2, 0.25) is 5.02 Å². The fourth-order valence-electron chi connectivity index (χ4n) is 5.15. The van der Waals surface area contributed by atoms with Crippen LogP contribution in [-0.4, -0.2) is 42.8 Å². The monoisotopic (exact) mass is 484 g/mol. The van der Waals surface area contributed by atoms with E-state index in [-0.39, 0.29) is 23.4 Å². The Bertz CT molecular complexity index is 998. The molecule has 0 unspecified atom stereocenters. The first-order valence-electron chi connectivity index (χ1n) is 12.3. The van der Waals surface area contributed by atoms with Crippen LogP contribution in [0.25, 0.3) is 0 Å². The Morgan fingerprint density at radius 3 is 2.18 bits per heavy atom. The van der Waals surface area contributed by atoms with Gasteiger partial charge < -0.3 is 10.2 Å². The quantitative estimate of drug-likeness (QED) is 0.504. The van der Waals surface area contributed by atoms with Crippen molar-refractivity contribution in [2.45, 2.75) is 44.9 Å². The summed E-state index contributed by atoms with van der Waals surface area (Å²) >= 11 is 5.99. The molecule has 34 heavy (non-hydrogen) atoms. The van der Waals surface area contributed by atoms with Gasteiger partial charge in [0.2, 0.25) is 5.91 Å². The highest BCUT2D eigenvalue weighted by Gasteiger charge is 2.36. The average molecular weight is 485 g/mol. The Hall–Kier alpha value is -2.24. The second kappa shape index (κ2) is 10.6. The van der Waals surface area contributed by atoms with E-state index >= 15 is 0 Å². The van der Waals surface area contributed by atoms with Crippen LogP contribution in [0, 0.1) is 23.6 Å². The zero-order valence-corrected chi connectivity index (χ0v) is 20.8. The summed E-state index contributed by atoms with van der Waals surface area (Å²) in [5.41, 5.74) is 0.955. The normalized spacial score (nSPS) is 21.6. The van der Waals surface area contributed by atoms with E-state index in [1.807, 2.05) is 38.1 Å². The third-order valence-corrected chi connectivity index (χ3v) is 8.07. The number of carbonyl (C=O) groups is 2. The number of likely N-dealkylation sites (tertiary alicyclic amines) is 1. The number of amides is 1. The second-order valence-corrected chi connectivity index (χ2v) is 10.8. The number of benzene rings is 2. The summed E-state index contributed by atoms with van der Waals surface area (Å²) in [6, 6.07) is 13.4. The van der Waals surface area contributed by atoms with Gasteiger partial charge in [-0.05, 0) is 106 Å². The second-order valence-electron chi connectivity index (χ2n) is 10.4. The molecular formula is C28H34ClFN2O2. The number of hydrogen-bond donors (Lipinski definition) is 1. The largest absolute Gasteiger partial charge is 0.355 e. The van der Waals surface area contributed by atoms with Gasteiger partial charge in [0.25, 0.3) is 0 Å². The SMILES string of the molecule is CC(C)(C(=O)NC[C@@H]1CC[C@H]1CN1CCC(C(=O)c2ccc(F)cc2)CC1)c1ccc(Cl)cc1. The van der Waals surface area contributed by atoms with Gasteiger partial charge in [-0.15, -0.1) is 0 Å². The zero-order chi connectivity index (χ0) is 24.3. The standard InChI is InChI=1S/C28H34ClFN2O2/c1-28(2,23-7-9-24(29)10-8-23)27(34)31-17-21-3-4-22(21)18-32-15-13-20(14-16-32)26(33)19-5-11-25(30)12-6-19/h5-12,20-22H,3-4,13-18H2,1-2H3,(H,31,34)/t21-,22-/m0/s1. The van der Waals surface area contributed by atoms with Crippen LogP contribution in [0.15, 0.2) is 48.5 Å². The highest BCUT2D eigenvalue weighted by atomic mass is 35.5. The third-order valence-electron chi connectivity index (χ3n) is 7.81. The fourth-order valence-corrected chi connectivity index (χ4v) is 5.27. The van der Waals surface area contributed by atoms with Crippen molar-refractivity contribution < 1.29 is 14.0 Å². The van der Waals surface area contributed by atoms with Crippen molar-refractivity contribution >= 4 is 23.3 Å². The van der Waals surface area contributed by atoms with Gasteiger partial charge in [0, 0.05) is 29.6 Å². The van der Waals surface area contributed by atoms with Gasteiger partial charge in [-0.25, -0.2) is 4.39 Å². The first-order chi connectivity index (χ1) is 16.2. The number of piperidine rings is 1. The van der Waals surface area contributed by atoms with Crippen LogP contribution in [0.1, 0.15) is 55.5 Å². The molecular weight excluding hydrogens is 451 g/mol. The first kappa shape index (κ1) is 24.9. The maximum absolute atomic E-state index is 13.1. The molecule has 2 fully saturated rings. The van der Waals surface area contributed by atoms with Crippen molar-refractivity contribution in [2.24, 2.45) is 17.8 Å². The molecule has 2 aromatic rings. The Morgan fingerprint density at radius 1 is 0.971 bits per heavy atom. The van der Waals surface area contributed by atoms with Crippen molar-refractivity contribution in [2.75, 3.05) is 26.2 Å². The van der Waals surface area contributed by atoms with E-state index in [0.29, 0.717) is 29.0 Å². The maximum atomic E-state index is 13.1. The Kier molecular flexibility index (Phi) is 7.73. The molecule has 1 aliphatic carbocycles. The van der Waals surface area contributed by atoms with E-state index < -0.39 is 5.41 Å². The van der Waals surface area contributed by atoms with E-state index in [4.69, 9.17) is 11.6 Å². The van der Waals surface area contributed by atoms with Crippen molar-refractivity contribution in [1.82, 2.24) is 10.2 Å². The molecule has 1 N–H and O–H groups in total. The molecule has 0 spiro atoms. The lowest BCUT2D eigenvalue weighted by atomic mass is 9.72. The van der Waals surface area contributed by atoms with Crippen LogP contribution in [-0.2, 0) is 10.2 Å².